The molecule has 0 atom stereocenters. The zero-order valence-corrected chi connectivity index (χ0v) is 12.7. The topological polar surface area (TPSA) is 89.8 Å². The molecule has 1 heterocycles. The number of imide groups is 1. The summed E-state index contributed by atoms with van der Waals surface area (Å²) in [6, 6.07) is 12.9. The summed E-state index contributed by atoms with van der Waals surface area (Å²) in [7, 11) is 0. The molecule has 0 spiro atoms. The van der Waals surface area contributed by atoms with Crippen LogP contribution < -0.4 is 4.74 Å². The van der Waals surface area contributed by atoms with Gasteiger partial charge in [0.2, 0.25) is 0 Å². The molecule has 2 amide bonds. The number of nitro groups is 1. The molecule has 1 aliphatic rings. The van der Waals surface area contributed by atoms with Crippen molar-refractivity contribution in [3.8, 4) is 5.75 Å². The number of nitro benzene ring substituents is 1. The highest BCUT2D eigenvalue weighted by molar-refractivity contribution is 6.21. The van der Waals surface area contributed by atoms with Gasteiger partial charge in [-0.15, -0.1) is 0 Å². The molecule has 24 heavy (non-hydrogen) atoms. The lowest BCUT2D eigenvalue weighted by Crippen LogP contribution is -2.31. The van der Waals surface area contributed by atoms with Gasteiger partial charge in [-0.05, 0) is 24.6 Å². The quantitative estimate of drug-likeness (QED) is 0.352. The molecule has 3 rings (SSSR count). The number of carbonyl (C=O) groups is 2. The Hall–Kier alpha value is -3.22. The minimum atomic E-state index is -0.589. The molecule has 2 aromatic carbocycles. The number of benzene rings is 2. The first-order valence-corrected chi connectivity index (χ1v) is 7.40. The van der Waals surface area contributed by atoms with Crippen LogP contribution in [0.3, 0.4) is 0 Å². The van der Waals surface area contributed by atoms with E-state index in [0.717, 1.165) is 16.7 Å². The molecule has 7 heteroatoms. The second-order valence-corrected chi connectivity index (χ2v) is 5.26. The Balaban J connectivity index is 1.62. The van der Waals surface area contributed by atoms with E-state index in [1.54, 1.807) is 0 Å². The van der Waals surface area contributed by atoms with Gasteiger partial charge in [-0.3, -0.25) is 24.6 Å². The Morgan fingerprint density at radius 3 is 2.42 bits per heavy atom. The highest BCUT2D eigenvalue weighted by Crippen LogP contribution is 2.26. The van der Waals surface area contributed by atoms with Crippen molar-refractivity contribution < 1.29 is 19.2 Å². The van der Waals surface area contributed by atoms with Gasteiger partial charge in [0.05, 0.1) is 22.7 Å². The number of carbonyl (C=O) groups excluding carboxylic acids is 2. The van der Waals surface area contributed by atoms with E-state index in [2.05, 4.69) is 0 Å². The van der Waals surface area contributed by atoms with Crippen LogP contribution in [0.25, 0.3) is 0 Å². The molecule has 0 N–H and O–H groups in total. The van der Waals surface area contributed by atoms with Crippen molar-refractivity contribution in [2.45, 2.75) is 6.42 Å². The Labute approximate surface area is 137 Å². The number of hydrogen-bond acceptors (Lipinski definition) is 5. The number of ether oxygens (including phenoxy) is 1. The first-order valence-electron chi connectivity index (χ1n) is 7.40. The first-order chi connectivity index (χ1) is 11.6. The largest absolute Gasteiger partial charge is 0.494 e. The van der Waals surface area contributed by atoms with Crippen LogP contribution in [0.1, 0.15) is 27.1 Å². The Bertz CT molecular complexity index is 804. The molecule has 122 valence electrons. The normalized spacial score (nSPS) is 13.1. The van der Waals surface area contributed by atoms with Crippen LogP contribution in [-0.4, -0.2) is 34.8 Å². The van der Waals surface area contributed by atoms with Gasteiger partial charge in [0, 0.05) is 18.7 Å². The number of non-ortho nitro benzene ring substituents is 1. The SMILES string of the molecule is O=C1c2ccc([N+](=O)[O-])cc2C(=O)N1CCCOc1ccccc1. The molecule has 0 aromatic heterocycles. The smallest absolute Gasteiger partial charge is 0.270 e. The number of amides is 2. The Kier molecular flexibility index (Phi) is 4.24. The summed E-state index contributed by atoms with van der Waals surface area (Å²) in [6.45, 7) is 0.560. The van der Waals surface area contributed by atoms with Crippen LogP contribution in [-0.2, 0) is 0 Å². The maximum atomic E-state index is 12.3. The van der Waals surface area contributed by atoms with Crippen LogP contribution in [0.5, 0.6) is 5.75 Å². The van der Waals surface area contributed by atoms with E-state index in [-0.39, 0.29) is 23.4 Å². The summed E-state index contributed by atoms with van der Waals surface area (Å²) in [4.78, 5) is 35.8. The summed E-state index contributed by atoms with van der Waals surface area (Å²) < 4.78 is 5.53. The van der Waals surface area contributed by atoms with Crippen molar-refractivity contribution in [1.29, 1.82) is 0 Å². The Morgan fingerprint density at radius 1 is 1.00 bits per heavy atom. The average molecular weight is 326 g/mol. The maximum Gasteiger partial charge on any atom is 0.270 e. The van der Waals surface area contributed by atoms with Crippen LogP contribution >= 0.6 is 0 Å². The third-order valence-corrected chi connectivity index (χ3v) is 3.70. The van der Waals surface area contributed by atoms with Gasteiger partial charge >= 0.3 is 0 Å². The molecule has 0 unspecified atom stereocenters. The second-order valence-electron chi connectivity index (χ2n) is 5.26. The monoisotopic (exact) mass is 326 g/mol. The van der Waals surface area contributed by atoms with Crippen molar-refractivity contribution in [3.05, 3.63) is 69.8 Å². The van der Waals surface area contributed by atoms with E-state index in [1.165, 1.54) is 12.1 Å². The van der Waals surface area contributed by atoms with E-state index >= 15 is 0 Å². The fourth-order valence-electron chi connectivity index (χ4n) is 2.52. The molecule has 7 nitrogen and oxygen atoms in total. The predicted molar refractivity (Wildman–Crippen MR) is 85.0 cm³/mol. The second kappa shape index (κ2) is 6.49. The number of rotatable bonds is 6. The summed E-state index contributed by atoms with van der Waals surface area (Å²) in [5.41, 5.74) is 0.0805. The van der Waals surface area contributed by atoms with Crippen LogP contribution in [0.4, 0.5) is 5.69 Å². The number of fused-ring (bicyclic) bond motifs is 1. The van der Waals surface area contributed by atoms with Gasteiger partial charge < -0.3 is 4.74 Å². The lowest BCUT2D eigenvalue weighted by molar-refractivity contribution is -0.384. The van der Waals surface area contributed by atoms with E-state index in [0.29, 0.717) is 13.0 Å². The maximum absolute atomic E-state index is 12.3. The molecule has 0 fully saturated rings. The zero-order valence-electron chi connectivity index (χ0n) is 12.7. The van der Waals surface area contributed by atoms with Gasteiger partial charge in [0.1, 0.15) is 5.75 Å². The van der Waals surface area contributed by atoms with Gasteiger partial charge in [-0.25, -0.2) is 0 Å². The van der Waals surface area contributed by atoms with Gasteiger partial charge in [-0.2, -0.15) is 0 Å². The molecule has 0 saturated carbocycles. The number of hydrogen-bond donors (Lipinski definition) is 0. The third kappa shape index (κ3) is 2.96. The minimum Gasteiger partial charge on any atom is -0.494 e. The van der Waals surface area contributed by atoms with Crippen molar-refractivity contribution in [2.24, 2.45) is 0 Å². The summed E-state index contributed by atoms with van der Waals surface area (Å²) in [5, 5.41) is 10.8. The summed E-state index contributed by atoms with van der Waals surface area (Å²) >= 11 is 0. The molecule has 2 aromatic rings. The highest BCUT2D eigenvalue weighted by atomic mass is 16.6. The molecule has 0 saturated heterocycles. The van der Waals surface area contributed by atoms with Crippen LogP contribution in [0.2, 0.25) is 0 Å². The van der Waals surface area contributed by atoms with E-state index in [4.69, 9.17) is 4.74 Å². The van der Waals surface area contributed by atoms with Crippen molar-refractivity contribution in [3.63, 3.8) is 0 Å². The number of nitrogens with zero attached hydrogens (tertiary/aromatic N) is 2. The zero-order chi connectivity index (χ0) is 17.1. The van der Waals surface area contributed by atoms with Crippen molar-refractivity contribution in [2.75, 3.05) is 13.2 Å². The lowest BCUT2D eigenvalue weighted by Gasteiger charge is -2.13. The van der Waals surface area contributed by atoms with Crippen LogP contribution in [0, 0.1) is 10.1 Å². The van der Waals surface area contributed by atoms with Gasteiger partial charge in [0.15, 0.2) is 0 Å². The first kappa shape index (κ1) is 15.7. The molecular weight excluding hydrogens is 312 g/mol. The Morgan fingerprint density at radius 2 is 1.71 bits per heavy atom. The van der Waals surface area contributed by atoms with Crippen LogP contribution in [0.15, 0.2) is 48.5 Å². The fourth-order valence-corrected chi connectivity index (χ4v) is 2.52. The molecule has 1 aliphatic heterocycles. The number of para-hydroxylation sites is 1. The predicted octanol–water partition coefficient (Wildman–Crippen LogP) is 2.66. The molecule has 0 aliphatic carbocycles. The lowest BCUT2D eigenvalue weighted by atomic mass is 10.1. The molecular formula is C17H14N2O5. The molecule has 0 bridgehead atoms. The fraction of sp³-hybridized carbons (Fsp3) is 0.176. The summed E-state index contributed by atoms with van der Waals surface area (Å²) in [5.74, 6) is -0.210. The van der Waals surface area contributed by atoms with Gasteiger partial charge in [-0.1, -0.05) is 18.2 Å². The van der Waals surface area contributed by atoms with E-state index < -0.39 is 16.7 Å². The van der Waals surface area contributed by atoms with E-state index in [9.17, 15) is 19.7 Å². The van der Waals surface area contributed by atoms with E-state index in [1.807, 2.05) is 30.3 Å². The summed E-state index contributed by atoms with van der Waals surface area (Å²) in [6.07, 6.45) is 0.475. The molecule has 0 radical (unpaired) electrons. The van der Waals surface area contributed by atoms with Gasteiger partial charge in [0.25, 0.3) is 17.5 Å². The van der Waals surface area contributed by atoms with Crippen molar-refractivity contribution in [1.82, 2.24) is 4.90 Å². The highest BCUT2D eigenvalue weighted by Gasteiger charge is 2.36. The minimum absolute atomic E-state index is 0.0816. The standard InChI is InChI=1S/C17H14N2O5/c20-16-14-8-7-12(19(22)23)11-15(14)17(21)18(16)9-4-10-24-13-5-2-1-3-6-13/h1-3,5-8,11H,4,9-10H2. The third-order valence-electron chi connectivity index (χ3n) is 3.70. The van der Waals surface area contributed by atoms with Crippen molar-refractivity contribution >= 4 is 17.5 Å². The average Bonchev–Trinajstić information content (AvgIpc) is 2.83.